The van der Waals surface area contributed by atoms with Gasteiger partial charge in [-0.3, -0.25) is 4.79 Å². The van der Waals surface area contributed by atoms with E-state index in [1.54, 1.807) is 0 Å². The Labute approximate surface area is 125 Å². The third kappa shape index (κ3) is 8.65. The molecule has 1 rings (SSSR count). The molecule has 0 spiro atoms. The van der Waals surface area contributed by atoms with E-state index in [4.69, 9.17) is 4.74 Å². The van der Waals surface area contributed by atoms with Gasteiger partial charge in [-0.2, -0.15) is 0 Å². The minimum atomic E-state index is -0.514. The molecule has 2 N–H and O–H groups in total. The molecule has 0 saturated carbocycles. The van der Waals surface area contributed by atoms with Crippen LogP contribution in [0.4, 0.5) is 4.79 Å². The minimum Gasteiger partial charge on any atom is -0.445 e. The molecule has 0 unspecified atom stereocenters. The molecule has 2 amide bonds. The van der Waals surface area contributed by atoms with Crippen LogP contribution < -0.4 is 10.6 Å². The highest BCUT2D eigenvalue weighted by Gasteiger charge is 2.05. The molecule has 0 fully saturated rings. The van der Waals surface area contributed by atoms with Crippen LogP contribution in [0.3, 0.4) is 0 Å². The SMILES string of the molecule is CN(C)CCNC(=O)CCNC(=O)OCc1ccccc1. The van der Waals surface area contributed by atoms with Gasteiger partial charge in [-0.05, 0) is 19.7 Å². The second-order valence-electron chi connectivity index (χ2n) is 4.89. The predicted molar refractivity (Wildman–Crippen MR) is 80.8 cm³/mol. The van der Waals surface area contributed by atoms with Crippen molar-refractivity contribution < 1.29 is 14.3 Å². The normalized spacial score (nSPS) is 10.2. The summed E-state index contributed by atoms with van der Waals surface area (Å²) in [5.41, 5.74) is 0.925. The van der Waals surface area contributed by atoms with E-state index in [-0.39, 0.29) is 25.5 Å². The van der Waals surface area contributed by atoms with E-state index < -0.39 is 6.09 Å². The quantitative estimate of drug-likeness (QED) is 0.749. The number of carbonyl (C=O) groups is 2. The maximum absolute atomic E-state index is 11.5. The Morgan fingerprint density at radius 1 is 1.10 bits per heavy atom. The van der Waals surface area contributed by atoms with Gasteiger partial charge in [0.25, 0.3) is 0 Å². The molecule has 0 aliphatic heterocycles. The fourth-order valence-corrected chi connectivity index (χ4v) is 1.56. The summed E-state index contributed by atoms with van der Waals surface area (Å²) in [6.07, 6.45) is -0.270. The zero-order valence-corrected chi connectivity index (χ0v) is 12.6. The van der Waals surface area contributed by atoms with Crippen LogP contribution in [-0.4, -0.2) is 50.6 Å². The fraction of sp³-hybridized carbons (Fsp3) is 0.467. The molecule has 6 nitrogen and oxygen atoms in total. The van der Waals surface area contributed by atoms with Gasteiger partial charge in [0, 0.05) is 26.1 Å². The monoisotopic (exact) mass is 293 g/mol. The standard InChI is InChI=1S/C15H23N3O3/c1-18(2)11-10-16-14(19)8-9-17-15(20)21-12-13-6-4-3-5-7-13/h3-7H,8-12H2,1-2H3,(H,16,19)(H,17,20). The summed E-state index contributed by atoms with van der Waals surface area (Å²) in [6.45, 7) is 1.88. The van der Waals surface area contributed by atoms with Gasteiger partial charge in [0.1, 0.15) is 6.61 Å². The van der Waals surface area contributed by atoms with E-state index in [2.05, 4.69) is 10.6 Å². The van der Waals surface area contributed by atoms with Crippen molar-refractivity contribution >= 4 is 12.0 Å². The number of ether oxygens (including phenoxy) is 1. The largest absolute Gasteiger partial charge is 0.445 e. The highest BCUT2D eigenvalue weighted by Crippen LogP contribution is 2.00. The van der Waals surface area contributed by atoms with Crippen molar-refractivity contribution in [1.82, 2.24) is 15.5 Å². The van der Waals surface area contributed by atoms with Gasteiger partial charge in [-0.1, -0.05) is 30.3 Å². The Morgan fingerprint density at radius 2 is 1.81 bits per heavy atom. The molecule has 0 atom stereocenters. The Hall–Kier alpha value is -2.08. The Morgan fingerprint density at radius 3 is 2.48 bits per heavy atom. The first-order valence-electron chi connectivity index (χ1n) is 6.94. The van der Waals surface area contributed by atoms with E-state index in [0.29, 0.717) is 6.54 Å². The van der Waals surface area contributed by atoms with Gasteiger partial charge in [0.05, 0.1) is 0 Å². The van der Waals surface area contributed by atoms with Gasteiger partial charge >= 0.3 is 6.09 Å². The zero-order valence-electron chi connectivity index (χ0n) is 12.6. The average Bonchev–Trinajstić information content (AvgIpc) is 2.46. The van der Waals surface area contributed by atoms with Gasteiger partial charge in [-0.25, -0.2) is 4.79 Å². The molecular formula is C15H23N3O3. The Bertz CT molecular complexity index is 435. The van der Waals surface area contributed by atoms with Crippen LogP contribution in [0.25, 0.3) is 0 Å². The van der Waals surface area contributed by atoms with Crippen LogP contribution >= 0.6 is 0 Å². The molecule has 0 saturated heterocycles. The summed E-state index contributed by atoms with van der Waals surface area (Å²) in [4.78, 5) is 24.9. The molecular weight excluding hydrogens is 270 g/mol. The molecule has 0 aliphatic carbocycles. The topological polar surface area (TPSA) is 70.7 Å². The molecule has 0 bridgehead atoms. The number of hydrogen-bond donors (Lipinski definition) is 2. The summed E-state index contributed by atoms with van der Waals surface area (Å²) >= 11 is 0. The first kappa shape index (κ1) is 17.0. The number of alkyl carbamates (subject to hydrolysis) is 1. The second kappa shape index (κ2) is 9.77. The van der Waals surface area contributed by atoms with E-state index in [1.165, 1.54) is 0 Å². The molecule has 21 heavy (non-hydrogen) atoms. The number of nitrogens with zero attached hydrogens (tertiary/aromatic N) is 1. The molecule has 6 heteroatoms. The number of benzene rings is 1. The van der Waals surface area contributed by atoms with Crippen molar-refractivity contribution in [3.05, 3.63) is 35.9 Å². The van der Waals surface area contributed by atoms with Gasteiger partial charge in [0.2, 0.25) is 5.91 Å². The van der Waals surface area contributed by atoms with E-state index in [1.807, 2.05) is 49.3 Å². The van der Waals surface area contributed by atoms with Gasteiger partial charge < -0.3 is 20.3 Å². The summed E-state index contributed by atoms with van der Waals surface area (Å²) in [5.74, 6) is -0.0831. The molecule has 0 aliphatic rings. The van der Waals surface area contributed by atoms with Crippen molar-refractivity contribution in [3.8, 4) is 0 Å². The summed E-state index contributed by atoms with van der Waals surface area (Å²) in [5, 5.41) is 5.32. The van der Waals surface area contributed by atoms with Crippen LogP contribution in [0.15, 0.2) is 30.3 Å². The molecule has 0 radical (unpaired) electrons. The maximum atomic E-state index is 11.5. The minimum absolute atomic E-state index is 0.0831. The van der Waals surface area contributed by atoms with Crippen molar-refractivity contribution in [1.29, 1.82) is 0 Å². The molecule has 0 aromatic heterocycles. The maximum Gasteiger partial charge on any atom is 0.407 e. The number of hydrogen-bond acceptors (Lipinski definition) is 4. The zero-order chi connectivity index (χ0) is 15.5. The van der Waals surface area contributed by atoms with Crippen LogP contribution in [0.5, 0.6) is 0 Å². The first-order valence-corrected chi connectivity index (χ1v) is 6.94. The van der Waals surface area contributed by atoms with Crippen molar-refractivity contribution in [2.75, 3.05) is 33.7 Å². The van der Waals surface area contributed by atoms with Gasteiger partial charge in [-0.15, -0.1) is 0 Å². The highest BCUT2D eigenvalue weighted by atomic mass is 16.5. The van der Waals surface area contributed by atoms with Crippen molar-refractivity contribution in [2.45, 2.75) is 13.0 Å². The number of carbonyl (C=O) groups excluding carboxylic acids is 2. The first-order chi connectivity index (χ1) is 10.1. The molecule has 0 heterocycles. The van der Waals surface area contributed by atoms with Crippen molar-refractivity contribution in [2.24, 2.45) is 0 Å². The predicted octanol–water partition coefficient (Wildman–Crippen LogP) is 0.981. The lowest BCUT2D eigenvalue weighted by molar-refractivity contribution is -0.120. The van der Waals surface area contributed by atoms with E-state index >= 15 is 0 Å². The van der Waals surface area contributed by atoms with Crippen LogP contribution in [0.2, 0.25) is 0 Å². The molecule has 1 aromatic rings. The lowest BCUT2D eigenvalue weighted by Crippen LogP contribution is -2.34. The fourth-order valence-electron chi connectivity index (χ4n) is 1.56. The number of rotatable bonds is 8. The third-order valence-corrected chi connectivity index (χ3v) is 2.72. The number of nitrogens with one attached hydrogen (secondary N) is 2. The Balaban J connectivity index is 2.06. The lowest BCUT2D eigenvalue weighted by Gasteiger charge is -2.10. The van der Waals surface area contributed by atoms with E-state index in [0.717, 1.165) is 12.1 Å². The second-order valence-corrected chi connectivity index (χ2v) is 4.89. The third-order valence-electron chi connectivity index (χ3n) is 2.72. The molecule has 116 valence electrons. The van der Waals surface area contributed by atoms with Crippen LogP contribution in [-0.2, 0) is 16.1 Å². The van der Waals surface area contributed by atoms with Crippen LogP contribution in [0.1, 0.15) is 12.0 Å². The van der Waals surface area contributed by atoms with Crippen LogP contribution in [0, 0.1) is 0 Å². The smallest absolute Gasteiger partial charge is 0.407 e. The van der Waals surface area contributed by atoms with Crippen molar-refractivity contribution in [3.63, 3.8) is 0 Å². The number of amides is 2. The summed E-state index contributed by atoms with van der Waals surface area (Å²) in [7, 11) is 3.88. The number of likely N-dealkylation sites (N-methyl/N-ethyl adjacent to an activating group) is 1. The highest BCUT2D eigenvalue weighted by molar-refractivity contribution is 5.76. The average molecular weight is 293 g/mol. The Kier molecular flexibility index (Phi) is 7.89. The summed E-state index contributed by atoms with van der Waals surface area (Å²) in [6, 6.07) is 9.43. The molecule has 1 aromatic carbocycles. The summed E-state index contributed by atoms with van der Waals surface area (Å²) < 4.78 is 5.03. The lowest BCUT2D eigenvalue weighted by atomic mass is 10.2. The van der Waals surface area contributed by atoms with Gasteiger partial charge in [0.15, 0.2) is 0 Å². The van der Waals surface area contributed by atoms with E-state index in [9.17, 15) is 9.59 Å².